The number of aliphatic carboxylic acids is 1. The number of hydrogen-bond donors (Lipinski definition) is 1. The first-order chi connectivity index (χ1) is 13.7. The van der Waals surface area contributed by atoms with Crippen LogP contribution in [-0.2, 0) is 11.2 Å². The highest BCUT2D eigenvalue weighted by Crippen LogP contribution is 2.15. The number of benzene rings is 1. The van der Waals surface area contributed by atoms with Crippen molar-refractivity contribution in [3.8, 4) is 5.75 Å². The third-order valence-electron chi connectivity index (χ3n) is 4.69. The Balaban J connectivity index is 1.80. The van der Waals surface area contributed by atoms with E-state index in [2.05, 4.69) is 16.8 Å². The summed E-state index contributed by atoms with van der Waals surface area (Å²) < 4.78 is 5.90. The van der Waals surface area contributed by atoms with Crippen LogP contribution in [-0.4, -0.2) is 35.8 Å². The SMILES string of the molecule is CCCCCCCN(CCOc1ccc(CCC(=O)O)cc1)c1ccccn1. The van der Waals surface area contributed by atoms with E-state index < -0.39 is 5.97 Å². The van der Waals surface area contributed by atoms with Gasteiger partial charge in [-0.2, -0.15) is 0 Å². The molecule has 0 spiro atoms. The minimum atomic E-state index is -0.773. The number of nitrogens with zero attached hydrogens (tertiary/aromatic N) is 2. The van der Waals surface area contributed by atoms with Crippen molar-refractivity contribution in [3.05, 3.63) is 54.2 Å². The number of aromatic nitrogens is 1. The van der Waals surface area contributed by atoms with Gasteiger partial charge >= 0.3 is 5.97 Å². The maximum Gasteiger partial charge on any atom is 0.303 e. The van der Waals surface area contributed by atoms with Crippen molar-refractivity contribution in [3.63, 3.8) is 0 Å². The molecule has 0 amide bonds. The summed E-state index contributed by atoms with van der Waals surface area (Å²) in [4.78, 5) is 17.4. The Kier molecular flexibility index (Phi) is 9.91. The number of unbranched alkanes of at least 4 members (excludes halogenated alkanes) is 4. The Labute approximate surface area is 168 Å². The van der Waals surface area contributed by atoms with E-state index in [4.69, 9.17) is 9.84 Å². The highest BCUT2D eigenvalue weighted by Gasteiger charge is 2.08. The quantitative estimate of drug-likeness (QED) is 0.467. The summed E-state index contributed by atoms with van der Waals surface area (Å²) in [6, 6.07) is 13.7. The van der Waals surface area contributed by atoms with Crippen LogP contribution >= 0.6 is 0 Å². The molecule has 5 heteroatoms. The van der Waals surface area contributed by atoms with E-state index in [0.29, 0.717) is 13.0 Å². The molecule has 1 aromatic carbocycles. The predicted molar refractivity (Wildman–Crippen MR) is 113 cm³/mol. The number of rotatable bonds is 14. The maximum absolute atomic E-state index is 10.7. The van der Waals surface area contributed by atoms with E-state index in [1.54, 1.807) is 0 Å². The zero-order valence-corrected chi connectivity index (χ0v) is 16.8. The molecule has 0 fully saturated rings. The van der Waals surface area contributed by atoms with Gasteiger partial charge in [0.25, 0.3) is 0 Å². The Bertz CT molecular complexity index is 674. The van der Waals surface area contributed by atoms with E-state index in [0.717, 1.165) is 36.6 Å². The lowest BCUT2D eigenvalue weighted by atomic mass is 10.1. The van der Waals surface area contributed by atoms with Crippen LogP contribution in [0.25, 0.3) is 0 Å². The first-order valence-corrected chi connectivity index (χ1v) is 10.3. The standard InChI is InChI=1S/C23H32N2O3/c1-2-3-4-5-8-17-25(22-9-6-7-16-24-22)18-19-28-21-13-10-20(11-14-21)12-15-23(26)27/h6-7,9-11,13-14,16H,2-5,8,12,15,17-19H2,1H3,(H,26,27). The fourth-order valence-corrected chi connectivity index (χ4v) is 3.07. The van der Waals surface area contributed by atoms with Crippen molar-refractivity contribution in [1.82, 2.24) is 4.98 Å². The molecule has 0 aliphatic heterocycles. The fraction of sp³-hybridized carbons (Fsp3) is 0.478. The molecule has 1 N–H and O–H groups in total. The highest BCUT2D eigenvalue weighted by molar-refractivity contribution is 5.67. The average molecular weight is 385 g/mol. The molecule has 0 saturated carbocycles. The largest absolute Gasteiger partial charge is 0.492 e. The minimum Gasteiger partial charge on any atom is -0.492 e. The van der Waals surface area contributed by atoms with E-state index in [9.17, 15) is 4.79 Å². The van der Waals surface area contributed by atoms with Crippen LogP contribution in [0.3, 0.4) is 0 Å². The molecule has 1 aromatic heterocycles. The van der Waals surface area contributed by atoms with Gasteiger partial charge in [0.2, 0.25) is 0 Å². The summed E-state index contributed by atoms with van der Waals surface area (Å²) in [5.41, 5.74) is 1.01. The van der Waals surface area contributed by atoms with Gasteiger partial charge < -0.3 is 14.7 Å². The topological polar surface area (TPSA) is 62.7 Å². The molecule has 2 aromatic rings. The normalized spacial score (nSPS) is 10.6. The van der Waals surface area contributed by atoms with E-state index in [1.165, 1.54) is 25.7 Å². The van der Waals surface area contributed by atoms with Crippen LogP contribution in [0.5, 0.6) is 5.75 Å². The van der Waals surface area contributed by atoms with Gasteiger partial charge in [0.05, 0.1) is 6.54 Å². The second kappa shape index (κ2) is 12.8. The van der Waals surface area contributed by atoms with Crippen LogP contribution in [0.2, 0.25) is 0 Å². The fourth-order valence-electron chi connectivity index (χ4n) is 3.07. The van der Waals surface area contributed by atoms with Crippen molar-refractivity contribution in [1.29, 1.82) is 0 Å². The lowest BCUT2D eigenvalue weighted by molar-refractivity contribution is -0.136. The zero-order chi connectivity index (χ0) is 20.0. The average Bonchev–Trinajstić information content (AvgIpc) is 2.72. The van der Waals surface area contributed by atoms with Crippen molar-refractivity contribution >= 4 is 11.8 Å². The molecule has 1 heterocycles. The minimum absolute atomic E-state index is 0.150. The Morgan fingerprint density at radius 1 is 1.04 bits per heavy atom. The molecule has 0 bridgehead atoms. The lowest BCUT2D eigenvalue weighted by Gasteiger charge is -2.23. The summed E-state index contributed by atoms with van der Waals surface area (Å²) in [6.45, 7) is 4.58. The molecule has 0 aliphatic carbocycles. The van der Waals surface area contributed by atoms with Crippen molar-refractivity contribution in [2.45, 2.75) is 51.9 Å². The Morgan fingerprint density at radius 2 is 1.82 bits per heavy atom. The van der Waals surface area contributed by atoms with Crippen molar-refractivity contribution < 1.29 is 14.6 Å². The van der Waals surface area contributed by atoms with Crippen LogP contribution in [0.4, 0.5) is 5.82 Å². The van der Waals surface area contributed by atoms with Gasteiger partial charge in [0, 0.05) is 19.2 Å². The highest BCUT2D eigenvalue weighted by atomic mass is 16.5. The van der Waals surface area contributed by atoms with Crippen LogP contribution in [0.1, 0.15) is 51.0 Å². The summed E-state index contributed by atoms with van der Waals surface area (Å²) in [5.74, 6) is 1.03. The summed E-state index contributed by atoms with van der Waals surface area (Å²) >= 11 is 0. The second-order valence-electron chi connectivity index (χ2n) is 6.98. The molecule has 0 atom stereocenters. The van der Waals surface area contributed by atoms with Gasteiger partial charge in [-0.15, -0.1) is 0 Å². The molecule has 152 valence electrons. The van der Waals surface area contributed by atoms with Gasteiger partial charge in [0.15, 0.2) is 0 Å². The molecule has 0 unspecified atom stereocenters. The predicted octanol–water partition coefficient (Wildman–Crippen LogP) is 4.95. The summed E-state index contributed by atoms with van der Waals surface area (Å²) in [7, 11) is 0. The van der Waals surface area contributed by atoms with Gasteiger partial charge in [-0.1, -0.05) is 50.8 Å². The van der Waals surface area contributed by atoms with Crippen molar-refractivity contribution in [2.75, 3.05) is 24.6 Å². The third-order valence-corrected chi connectivity index (χ3v) is 4.69. The Hall–Kier alpha value is -2.56. The smallest absolute Gasteiger partial charge is 0.303 e. The maximum atomic E-state index is 10.7. The van der Waals surface area contributed by atoms with Gasteiger partial charge in [-0.3, -0.25) is 4.79 Å². The number of hydrogen-bond acceptors (Lipinski definition) is 4. The molecule has 0 radical (unpaired) electrons. The van der Waals surface area contributed by atoms with E-state index in [1.807, 2.05) is 48.7 Å². The van der Waals surface area contributed by atoms with Gasteiger partial charge in [0.1, 0.15) is 18.2 Å². The molecule has 5 nitrogen and oxygen atoms in total. The monoisotopic (exact) mass is 384 g/mol. The number of ether oxygens (including phenoxy) is 1. The first kappa shape index (κ1) is 21.7. The van der Waals surface area contributed by atoms with Crippen LogP contribution < -0.4 is 9.64 Å². The number of carboxylic acids is 1. The second-order valence-corrected chi connectivity index (χ2v) is 6.98. The number of anilines is 1. The Morgan fingerprint density at radius 3 is 2.50 bits per heavy atom. The van der Waals surface area contributed by atoms with E-state index in [-0.39, 0.29) is 6.42 Å². The lowest BCUT2D eigenvalue weighted by Crippen LogP contribution is -2.30. The number of pyridine rings is 1. The zero-order valence-electron chi connectivity index (χ0n) is 16.8. The molecular formula is C23H32N2O3. The van der Waals surface area contributed by atoms with Gasteiger partial charge in [-0.05, 0) is 42.7 Å². The number of carboxylic acid groups (broad SMARTS) is 1. The first-order valence-electron chi connectivity index (χ1n) is 10.3. The van der Waals surface area contributed by atoms with Crippen LogP contribution in [0, 0.1) is 0 Å². The molecule has 28 heavy (non-hydrogen) atoms. The molecule has 2 rings (SSSR count). The van der Waals surface area contributed by atoms with Gasteiger partial charge in [-0.25, -0.2) is 4.98 Å². The van der Waals surface area contributed by atoms with E-state index >= 15 is 0 Å². The molecule has 0 aliphatic rings. The molecular weight excluding hydrogens is 352 g/mol. The van der Waals surface area contributed by atoms with Crippen molar-refractivity contribution in [2.24, 2.45) is 0 Å². The third kappa shape index (κ3) is 8.42. The summed E-state index contributed by atoms with van der Waals surface area (Å²) in [5, 5.41) is 8.76. The summed E-state index contributed by atoms with van der Waals surface area (Å²) in [6.07, 6.45) is 8.78. The molecule has 0 saturated heterocycles. The van der Waals surface area contributed by atoms with Crippen LogP contribution in [0.15, 0.2) is 48.7 Å². The number of carbonyl (C=O) groups is 1. The number of aryl methyl sites for hydroxylation is 1.